The van der Waals surface area contributed by atoms with Gasteiger partial charge in [-0.15, -0.1) is 0 Å². The molecule has 2 N–H and O–H groups in total. The summed E-state index contributed by atoms with van der Waals surface area (Å²) in [6.07, 6.45) is -0.363. The molecule has 0 saturated heterocycles. The van der Waals surface area contributed by atoms with Crippen LogP contribution < -0.4 is 32.2 Å². The molecule has 0 aliphatic carbocycles. The predicted molar refractivity (Wildman–Crippen MR) is 135 cm³/mol. The van der Waals surface area contributed by atoms with Crippen LogP contribution >= 0.6 is 11.6 Å². The number of ether oxygens (including phenoxy) is 2. The van der Waals surface area contributed by atoms with Crippen molar-refractivity contribution in [2.75, 3.05) is 18.4 Å². The van der Waals surface area contributed by atoms with Gasteiger partial charge in [0.05, 0.1) is 12.2 Å². The quantitative estimate of drug-likeness (QED) is 0.323. The van der Waals surface area contributed by atoms with E-state index in [4.69, 9.17) is 21.1 Å². The predicted octanol–water partition coefficient (Wildman–Crippen LogP) is 1.85. The van der Waals surface area contributed by atoms with Gasteiger partial charge in [-0.1, -0.05) is 11.6 Å². The lowest BCUT2D eigenvalue weighted by molar-refractivity contribution is -0.0175. The van der Waals surface area contributed by atoms with Crippen molar-refractivity contribution in [2.24, 2.45) is 0 Å². The number of aromatic amines is 1. The third kappa shape index (κ3) is 6.85. The zero-order valence-corrected chi connectivity index (χ0v) is 21.0. The summed E-state index contributed by atoms with van der Waals surface area (Å²) < 4.78 is 12.9. The molecule has 3 rings (SSSR count). The van der Waals surface area contributed by atoms with Crippen LogP contribution in [0.2, 0.25) is 5.02 Å². The lowest BCUT2D eigenvalue weighted by atomic mass is 10.2. The number of aromatic nitrogens is 2. The molecule has 1 atom stereocenters. The lowest BCUT2D eigenvalue weighted by Crippen LogP contribution is -2.51. The molecule has 192 valence electrons. The molecule has 1 heterocycles. The zero-order chi connectivity index (χ0) is 26.6. The van der Waals surface area contributed by atoms with Crippen LogP contribution in [0, 0.1) is 6.92 Å². The van der Waals surface area contributed by atoms with E-state index in [2.05, 4.69) is 10.3 Å². The first-order valence-corrected chi connectivity index (χ1v) is 11.5. The van der Waals surface area contributed by atoms with Crippen molar-refractivity contribution >= 4 is 23.4 Å². The van der Waals surface area contributed by atoms with Gasteiger partial charge in [0, 0.05) is 35.9 Å². The minimum absolute atomic E-state index is 0.0102. The standard InChI is InChI=1S/C24H27ClN4O7/c1-14-13-28(22(33)27-21(14)32)9-10-29(23(34)36-24(2,3)4)19(12-26-17-11-18(30)20(17)31)35-16-7-5-15(25)6-8-16/h5-8,11,13,19,26H,9-10,12H2,1-4H3,(H,27,32,33). The van der Waals surface area contributed by atoms with Gasteiger partial charge in [-0.2, -0.15) is 0 Å². The molecule has 3 aromatic rings. The Morgan fingerprint density at radius 2 is 1.83 bits per heavy atom. The fourth-order valence-electron chi connectivity index (χ4n) is 3.20. The van der Waals surface area contributed by atoms with Gasteiger partial charge in [0.15, 0.2) is 6.23 Å². The van der Waals surface area contributed by atoms with E-state index in [1.54, 1.807) is 52.0 Å². The van der Waals surface area contributed by atoms with Crippen molar-refractivity contribution in [1.82, 2.24) is 14.5 Å². The molecule has 0 saturated carbocycles. The molecule has 2 aromatic carbocycles. The van der Waals surface area contributed by atoms with Crippen LogP contribution in [0.5, 0.6) is 5.75 Å². The number of benzene rings is 1. The van der Waals surface area contributed by atoms with E-state index in [-0.39, 0.29) is 25.3 Å². The average Bonchev–Trinajstić information content (AvgIpc) is 2.79. The highest BCUT2D eigenvalue weighted by molar-refractivity contribution is 6.30. The number of aryl methyl sites for hydroxylation is 1. The average molecular weight is 519 g/mol. The SMILES string of the molecule is Cc1cn(CCN(C(=O)OC(C)(C)C)C(CNc2cc(=O)c2=O)Oc2ccc(Cl)cc2)c(=O)[nH]c1=O. The van der Waals surface area contributed by atoms with E-state index in [9.17, 15) is 24.0 Å². The van der Waals surface area contributed by atoms with Gasteiger partial charge < -0.3 is 14.8 Å². The number of H-pyrrole nitrogens is 1. The van der Waals surface area contributed by atoms with E-state index < -0.39 is 40.0 Å². The van der Waals surface area contributed by atoms with E-state index in [0.29, 0.717) is 16.3 Å². The van der Waals surface area contributed by atoms with Crippen molar-refractivity contribution in [3.05, 3.63) is 88.4 Å². The Morgan fingerprint density at radius 1 is 1.17 bits per heavy atom. The summed E-state index contributed by atoms with van der Waals surface area (Å²) in [5, 5.41) is 3.31. The topological polar surface area (TPSA) is 140 Å². The number of amides is 1. The molecule has 36 heavy (non-hydrogen) atoms. The van der Waals surface area contributed by atoms with Crippen molar-refractivity contribution in [3.8, 4) is 5.75 Å². The van der Waals surface area contributed by atoms with Gasteiger partial charge in [-0.05, 0) is 52.0 Å². The summed E-state index contributed by atoms with van der Waals surface area (Å²) in [5.41, 5.74) is -2.83. The molecule has 12 heteroatoms. The second-order valence-corrected chi connectivity index (χ2v) is 9.53. The first kappa shape index (κ1) is 26.7. The van der Waals surface area contributed by atoms with Gasteiger partial charge in [0.1, 0.15) is 11.4 Å². The van der Waals surface area contributed by atoms with Crippen molar-refractivity contribution in [2.45, 2.75) is 46.1 Å². The Kier molecular flexibility index (Phi) is 8.03. The third-order valence-electron chi connectivity index (χ3n) is 5.04. The third-order valence-corrected chi connectivity index (χ3v) is 5.30. The number of carbonyl (C=O) groups excluding carboxylic acids is 1. The number of halogens is 1. The Hall–Kier alpha value is -3.86. The van der Waals surface area contributed by atoms with Crippen molar-refractivity contribution < 1.29 is 14.3 Å². The molecule has 0 aliphatic rings. The van der Waals surface area contributed by atoms with Crippen LogP contribution in [0.1, 0.15) is 26.3 Å². The zero-order valence-electron chi connectivity index (χ0n) is 20.3. The van der Waals surface area contributed by atoms with Gasteiger partial charge in [-0.3, -0.25) is 28.8 Å². The monoisotopic (exact) mass is 518 g/mol. The van der Waals surface area contributed by atoms with Gasteiger partial charge >= 0.3 is 11.8 Å². The van der Waals surface area contributed by atoms with Crippen molar-refractivity contribution in [1.29, 1.82) is 0 Å². The first-order valence-electron chi connectivity index (χ1n) is 11.1. The maximum atomic E-state index is 13.2. The number of rotatable bonds is 9. The minimum atomic E-state index is -1.02. The lowest BCUT2D eigenvalue weighted by Gasteiger charge is -2.34. The van der Waals surface area contributed by atoms with E-state index in [1.165, 1.54) is 15.7 Å². The Labute approximate surface area is 210 Å². The van der Waals surface area contributed by atoms with Crippen LogP contribution in [0.4, 0.5) is 10.5 Å². The highest BCUT2D eigenvalue weighted by Gasteiger charge is 2.30. The summed E-state index contributed by atoms with van der Waals surface area (Å²) in [5.74, 6) is 0.377. The van der Waals surface area contributed by atoms with E-state index >= 15 is 0 Å². The molecule has 0 aliphatic heterocycles. The molecule has 11 nitrogen and oxygen atoms in total. The minimum Gasteiger partial charge on any atom is -0.468 e. The van der Waals surface area contributed by atoms with Crippen LogP contribution in [0.3, 0.4) is 0 Å². The highest BCUT2D eigenvalue weighted by atomic mass is 35.5. The van der Waals surface area contributed by atoms with Gasteiger partial charge in [0.2, 0.25) is 10.9 Å². The maximum absolute atomic E-state index is 13.2. The number of hydrogen-bond acceptors (Lipinski definition) is 8. The highest BCUT2D eigenvalue weighted by Crippen LogP contribution is 2.20. The molecular formula is C24H27ClN4O7. The fourth-order valence-corrected chi connectivity index (χ4v) is 3.33. The van der Waals surface area contributed by atoms with Crippen LogP contribution in [-0.4, -0.2) is 45.5 Å². The number of carbonyl (C=O) groups is 1. The number of nitrogens with one attached hydrogen (secondary N) is 2. The van der Waals surface area contributed by atoms with E-state index in [1.807, 2.05) is 0 Å². The molecule has 1 aromatic heterocycles. The smallest absolute Gasteiger partial charge is 0.413 e. The van der Waals surface area contributed by atoms with E-state index in [0.717, 1.165) is 6.07 Å². The Morgan fingerprint density at radius 3 is 2.42 bits per heavy atom. The molecule has 0 radical (unpaired) electrons. The molecule has 1 unspecified atom stereocenters. The molecule has 0 fully saturated rings. The Bertz CT molecular complexity index is 1410. The maximum Gasteiger partial charge on any atom is 0.413 e. The summed E-state index contributed by atoms with van der Waals surface area (Å²) in [6, 6.07) is 7.59. The summed E-state index contributed by atoms with van der Waals surface area (Å²) in [6.45, 7) is 6.55. The second kappa shape index (κ2) is 10.8. The number of hydrogen-bond donors (Lipinski definition) is 2. The number of anilines is 1. The molecule has 0 bridgehead atoms. The second-order valence-electron chi connectivity index (χ2n) is 9.10. The fraction of sp³-hybridized carbons (Fsp3) is 0.375. The summed E-state index contributed by atoms with van der Waals surface area (Å²) >= 11 is 5.96. The van der Waals surface area contributed by atoms with Crippen LogP contribution in [-0.2, 0) is 11.3 Å². The molecule has 1 amide bonds. The van der Waals surface area contributed by atoms with Crippen molar-refractivity contribution in [3.63, 3.8) is 0 Å². The molecule has 0 spiro atoms. The van der Waals surface area contributed by atoms with Crippen LogP contribution in [0.25, 0.3) is 0 Å². The van der Waals surface area contributed by atoms with Gasteiger partial charge in [0.25, 0.3) is 5.56 Å². The first-order chi connectivity index (χ1) is 16.8. The Balaban J connectivity index is 1.92. The largest absolute Gasteiger partial charge is 0.468 e. The molecular weight excluding hydrogens is 492 g/mol. The van der Waals surface area contributed by atoms with Gasteiger partial charge in [-0.25, -0.2) is 9.59 Å². The van der Waals surface area contributed by atoms with Crippen LogP contribution in [0.15, 0.2) is 55.7 Å². The summed E-state index contributed by atoms with van der Waals surface area (Å²) in [4.78, 5) is 63.7. The normalized spacial score (nSPS) is 12.2. The summed E-state index contributed by atoms with van der Waals surface area (Å²) in [7, 11) is 0. The number of nitrogens with zero attached hydrogens (tertiary/aromatic N) is 2.